The molecule has 106 valence electrons. The molecule has 2 N–H and O–H groups in total. The lowest BCUT2D eigenvalue weighted by molar-refractivity contribution is 0.262. The number of amidine groups is 1. The van der Waals surface area contributed by atoms with Gasteiger partial charge < -0.3 is 15.2 Å². The van der Waals surface area contributed by atoms with E-state index in [4.69, 9.17) is 15.2 Å². The second kappa shape index (κ2) is 4.21. The molecule has 0 amide bonds. The van der Waals surface area contributed by atoms with Gasteiger partial charge in [0.25, 0.3) is 6.02 Å². The molecule has 0 fully saturated rings. The number of hydrogen-bond acceptors (Lipinski definition) is 4. The summed E-state index contributed by atoms with van der Waals surface area (Å²) in [6, 6.07) is 10.4. The summed E-state index contributed by atoms with van der Waals surface area (Å²) in [4.78, 5) is 4.45. The van der Waals surface area contributed by atoms with Gasteiger partial charge in [0.05, 0.1) is 0 Å². The van der Waals surface area contributed by atoms with Crippen LogP contribution in [0.25, 0.3) is 0 Å². The van der Waals surface area contributed by atoms with Gasteiger partial charge in [-0.2, -0.15) is 0 Å². The smallest absolute Gasteiger partial charge is 0.283 e. The molecule has 6 heteroatoms. The zero-order valence-electron chi connectivity index (χ0n) is 10.8. The van der Waals surface area contributed by atoms with E-state index >= 15 is 0 Å². The van der Waals surface area contributed by atoms with Crippen LogP contribution in [0.4, 0.5) is 4.39 Å². The predicted molar refractivity (Wildman–Crippen MR) is 79.0 cm³/mol. The summed E-state index contributed by atoms with van der Waals surface area (Å²) in [6.45, 7) is 0.224. The molecule has 4 rings (SSSR count). The number of aliphatic imine (C=N–C) groups is 1. The Labute approximate surface area is 128 Å². The fourth-order valence-corrected chi connectivity index (χ4v) is 3.18. The Morgan fingerprint density at radius 3 is 2.86 bits per heavy atom. The summed E-state index contributed by atoms with van der Waals surface area (Å²) in [5.41, 5.74) is 6.27. The first kappa shape index (κ1) is 12.6. The summed E-state index contributed by atoms with van der Waals surface area (Å²) in [6.07, 6.45) is 0. The number of nitrogens with zero attached hydrogens (tertiary/aromatic N) is 1. The summed E-state index contributed by atoms with van der Waals surface area (Å²) in [5, 5.41) is 0. The number of nitrogens with two attached hydrogens (primary N) is 1. The monoisotopic (exact) mass is 348 g/mol. The SMILES string of the molecule is NC1=N[C@@]2(CO1)c1cc(Br)ccc1Oc1c(F)cccc12. The maximum atomic E-state index is 14.1. The second-order valence-corrected chi connectivity index (χ2v) is 5.87. The molecule has 0 bridgehead atoms. The van der Waals surface area contributed by atoms with Gasteiger partial charge in [0.1, 0.15) is 12.4 Å². The standard InChI is InChI=1S/C15H10BrFN2O2/c16-8-4-5-12-10(6-8)15(7-20-14(18)19-15)9-2-1-3-11(17)13(9)21-12/h1-6H,7H2,(H2,18,19)/t15-/m1/s1. The van der Waals surface area contributed by atoms with Crippen LogP contribution in [0.3, 0.4) is 0 Å². The maximum absolute atomic E-state index is 14.1. The van der Waals surface area contributed by atoms with Gasteiger partial charge >= 0.3 is 0 Å². The Morgan fingerprint density at radius 2 is 2.10 bits per heavy atom. The summed E-state index contributed by atoms with van der Waals surface area (Å²) < 4.78 is 26.1. The van der Waals surface area contributed by atoms with Crippen LogP contribution in [0.5, 0.6) is 11.5 Å². The minimum atomic E-state index is -0.862. The largest absolute Gasteiger partial charge is 0.462 e. The highest BCUT2D eigenvalue weighted by atomic mass is 79.9. The zero-order valence-corrected chi connectivity index (χ0v) is 12.4. The second-order valence-electron chi connectivity index (χ2n) is 4.96. The van der Waals surface area contributed by atoms with E-state index in [1.54, 1.807) is 18.2 Å². The lowest BCUT2D eigenvalue weighted by Crippen LogP contribution is -2.31. The van der Waals surface area contributed by atoms with E-state index in [0.717, 1.165) is 10.0 Å². The fraction of sp³-hybridized carbons (Fsp3) is 0.133. The van der Waals surface area contributed by atoms with Crippen molar-refractivity contribution in [2.24, 2.45) is 10.7 Å². The van der Waals surface area contributed by atoms with E-state index in [2.05, 4.69) is 20.9 Å². The maximum Gasteiger partial charge on any atom is 0.283 e. The van der Waals surface area contributed by atoms with Crippen LogP contribution in [0.1, 0.15) is 11.1 Å². The number of hydrogen-bond donors (Lipinski definition) is 1. The molecule has 1 spiro atoms. The van der Waals surface area contributed by atoms with Crippen molar-refractivity contribution in [1.82, 2.24) is 0 Å². The quantitative estimate of drug-likeness (QED) is 0.794. The molecule has 2 heterocycles. The zero-order chi connectivity index (χ0) is 14.6. The topological polar surface area (TPSA) is 56.8 Å². The lowest BCUT2D eigenvalue weighted by Gasteiger charge is -2.33. The van der Waals surface area contributed by atoms with Gasteiger partial charge in [-0.15, -0.1) is 0 Å². The molecule has 1 atom stereocenters. The first-order valence-corrected chi connectivity index (χ1v) is 7.14. The molecular formula is C15H10BrFN2O2. The number of rotatable bonds is 0. The van der Waals surface area contributed by atoms with E-state index < -0.39 is 11.4 Å². The predicted octanol–water partition coefficient (Wildman–Crippen LogP) is 3.28. The molecule has 21 heavy (non-hydrogen) atoms. The fourth-order valence-electron chi connectivity index (χ4n) is 2.81. The minimum Gasteiger partial charge on any atom is -0.462 e. The average Bonchev–Trinajstić information content (AvgIpc) is 2.85. The number of ether oxygens (including phenoxy) is 2. The molecular weight excluding hydrogens is 339 g/mol. The number of fused-ring (bicyclic) bond motifs is 4. The van der Waals surface area contributed by atoms with E-state index in [1.807, 2.05) is 12.1 Å². The van der Waals surface area contributed by atoms with Gasteiger partial charge in [-0.3, -0.25) is 0 Å². The number of halogens is 2. The summed E-state index contributed by atoms with van der Waals surface area (Å²) in [5.74, 6) is 0.299. The van der Waals surface area contributed by atoms with Gasteiger partial charge in [0.2, 0.25) is 0 Å². The third-order valence-corrected chi connectivity index (χ3v) is 4.24. The molecule has 0 aromatic heterocycles. The molecule has 0 radical (unpaired) electrons. The van der Waals surface area contributed by atoms with Crippen molar-refractivity contribution >= 4 is 22.0 Å². The highest BCUT2D eigenvalue weighted by Gasteiger charge is 2.47. The number of para-hydroxylation sites is 1. The van der Waals surface area contributed by atoms with Crippen LogP contribution in [0.15, 0.2) is 45.9 Å². The van der Waals surface area contributed by atoms with Crippen molar-refractivity contribution in [2.45, 2.75) is 5.54 Å². The highest BCUT2D eigenvalue weighted by molar-refractivity contribution is 9.10. The Kier molecular flexibility index (Phi) is 2.53. The van der Waals surface area contributed by atoms with Gasteiger partial charge in [0.15, 0.2) is 17.1 Å². The molecule has 0 unspecified atom stereocenters. The van der Waals surface area contributed by atoms with Crippen molar-refractivity contribution in [1.29, 1.82) is 0 Å². The van der Waals surface area contributed by atoms with Gasteiger partial charge in [-0.25, -0.2) is 9.38 Å². The third-order valence-electron chi connectivity index (χ3n) is 3.74. The Balaban J connectivity index is 2.07. The molecule has 2 aliphatic heterocycles. The third kappa shape index (κ3) is 1.68. The van der Waals surface area contributed by atoms with Gasteiger partial charge in [0, 0.05) is 15.6 Å². The molecule has 2 aliphatic rings. The van der Waals surface area contributed by atoms with Crippen LogP contribution in [-0.4, -0.2) is 12.6 Å². The van der Waals surface area contributed by atoms with Crippen molar-refractivity contribution in [3.63, 3.8) is 0 Å². The molecule has 4 nitrogen and oxygen atoms in total. The van der Waals surface area contributed by atoms with Crippen LogP contribution in [-0.2, 0) is 10.3 Å². The van der Waals surface area contributed by atoms with Crippen molar-refractivity contribution in [3.8, 4) is 11.5 Å². The molecule has 0 aliphatic carbocycles. The van der Waals surface area contributed by atoms with E-state index in [0.29, 0.717) is 11.3 Å². The number of benzene rings is 2. The highest BCUT2D eigenvalue weighted by Crippen LogP contribution is 2.51. The van der Waals surface area contributed by atoms with E-state index in [1.165, 1.54) is 6.07 Å². The van der Waals surface area contributed by atoms with Gasteiger partial charge in [-0.1, -0.05) is 28.1 Å². The van der Waals surface area contributed by atoms with E-state index in [-0.39, 0.29) is 18.4 Å². The van der Waals surface area contributed by atoms with Crippen LogP contribution >= 0.6 is 15.9 Å². The van der Waals surface area contributed by atoms with Crippen molar-refractivity contribution in [3.05, 3.63) is 57.8 Å². The van der Waals surface area contributed by atoms with Crippen LogP contribution in [0, 0.1) is 5.82 Å². The average molecular weight is 349 g/mol. The van der Waals surface area contributed by atoms with Gasteiger partial charge in [-0.05, 0) is 24.3 Å². The molecule has 2 aromatic rings. The normalized spacial score (nSPS) is 22.1. The lowest BCUT2D eigenvalue weighted by atomic mass is 9.81. The van der Waals surface area contributed by atoms with Crippen LogP contribution < -0.4 is 10.5 Å². The van der Waals surface area contributed by atoms with Crippen molar-refractivity contribution < 1.29 is 13.9 Å². The first-order chi connectivity index (χ1) is 10.1. The molecule has 2 aromatic carbocycles. The Morgan fingerprint density at radius 1 is 1.24 bits per heavy atom. The molecule has 0 saturated heterocycles. The summed E-state index contributed by atoms with van der Waals surface area (Å²) in [7, 11) is 0. The Bertz CT molecular complexity index is 789. The molecule has 0 saturated carbocycles. The van der Waals surface area contributed by atoms with Crippen LogP contribution in [0.2, 0.25) is 0 Å². The van der Waals surface area contributed by atoms with Crippen molar-refractivity contribution in [2.75, 3.05) is 6.61 Å². The minimum absolute atomic E-state index is 0.0954. The van der Waals surface area contributed by atoms with E-state index in [9.17, 15) is 4.39 Å². The summed E-state index contributed by atoms with van der Waals surface area (Å²) >= 11 is 3.44. The Hall–Kier alpha value is -2.08. The first-order valence-electron chi connectivity index (χ1n) is 6.35.